The van der Waals surface area contributed by atoms with E-state index < -0.39 is 0 Å². The van der Waals surface area contributed by atoms with Crippen LogP contribution < -0.4 is 4.74 Å². The van der Waals surface area contributed by atoms with Gasteiger partial charge in [0.15, 0.2) is 11.5 Å². The second kappa shape index (κ2) is 5.09. The maximum Gasteiger partial charge on any atom is 0.169 e. The van der Waals surface area contributed by atoms with Crippen LogP contribution in [-0.2, 0) is 0 Å². The molecule has 5 radical (unpaired) electrons. The minimum Gasteiger partial charge on any atom is -0.507 e. The SMILES string of the molecule is Cc1cc(O)c([C]2[CH][CH][CH][CH]2)c(OC(C)C)c1O. The van der Waals surface area contributed by atoms with Crippen LogP contribution in [0.2, 0.25) is 0 Å². The lowest BCUT2D eigenvalue weighted by atomic mass is 9.93. The van der Waals surface area contributed by atoms with Gasteiger partial charge >= 0.3 is 0 Å². The van der Waals surface area contributed by atoms with Crippen LogP contribution in [0.15, 0.2) is 6.07 Å². The normalized spacial score (nSPS) is 16.4. The summed E-state index contributed by atoms with van der Waals surface area (Å²) < 4.78 is 5.65. The fourth-order valence-corrected chi connectivity index (χ4v) is 1.93. The van der Waals surface area contributed by atoms with Crippen LogP contribution in [0.1, 0.15) is 25.0 Å². The summed E-state index contributed by atoms with van der Waals surface area (Å²) in [5.74, 6) is 1.37. The molecule has 0 bridgehead atoms. The minimum atomic E-state index is -0.0780. The number of rotatable bonds is 3. The number of aryl methyl sites for hydroxylation is 1. The average Bonchev–Trinajstić information content (AvgIpc) is 2.78. The van der Waals surface area contributed by atoms with Crippen LogP contribution in [0.25, 0.3) is 0 Å². The molecule has 1 saturated carbocycles. The van der Waals surface area contributed by atoms with Crippen molar-refractivity contribution in [2.24, 2.45) is 0 Å². The highest BCUT2D eigenvalue weighted by molar-refractivity contribution is 5.67. The van der Waals surface area contributed by atoms with E-state index >= 15 is 0 Å². The molecule has 95 valence electrons. The first-order chi connectivity index (χ1) is 8.50. The Bertz CT molecular complexity index is 432. The van der Waals surface area contributed by atoms with Gasteiger partial charge in [-0.2, -0.15) is 0 Å². The van der Waals surface area contributed by atoms with Gasteiger partial charge in [0.1, 0.15) is 5.75 Å². The first-order valence-electron chi connectivity index (χ1n) is 5.95. The molecule has 0 saturated heterocycles. The molecule has 2 rings (SSSR count). The molecule has 3 nitrogen and oxygen atoms in total. The molecular formula is C15H17O3. The van der Waals surface area contributed by atoms with Gasteiger partial charge in [0, 0.05) is 11.5 Å². The summed E-state index contributed by atoms with van der Waals surface area (Å²) >= 11 is 0. The predicted molar refractivity (Wildman–Crippen MR) is 69.8 cm³/mol. The van der Waals surface area contributed by atoms with Gasteiger partial charge < -0.3 is 14.9 Å². The number of hydrogen-bond donors (Lipinski definition) is 2. The Hall–Kier alpha value is -1.38. The van der Waals surface area contributed by atoms with E-state index in [0.29, 0.717) is 16.9 Å². The summed E-state index contributed by atoms with van der Waals surface area (Å²) in [6, 6.07) is 1.55. The van der Waals surface area contributed by atoms with Gasteiger partial charge in [-0.25, -0.2) is 0 Å². The third kappa shape index (κ3) is 2.40. The summed E-state index contributed by atoms with van der Waals surface area (Å²) in [6.07, 6.45) is 7.43. The standard InChI is InChI=1S/C15H17O3/c1-9(2)18-15-13(11-6-4-5-7-11)12(16)8-10(3)14(15)17/h4-9,16-17H,1-3H3. The molecule has 1 aliphatic carbocycles. The van der Waals surface area contributed by atoms with Crippen molar-refractivity contribution in [1.29, 1.82) is 0 Å². The van der Waals surface area contributed by atoms with Gasteiger partial charge in [-0.3, -0.25) is 0 Å². The summed E-state index contributed by atoms with van der Waals surface area (Å²) in [7, 11) is 0. The van der Waals surface area contributed by atoms with Crippen LogP contribution in [0.5, 0.6) is 17.2 Å². The lowest BCUT2D eigenvalue weighted by Crippen LogP contribution is -2.10. The van der Waals surface area contributed by atoms with Gasteiger partial charge in [0.05, 0.1) is 6.10 Å². The van der Waals surface area contributed by atoms with E-state index in [4.69, 9.17) is 4.74 Å². The molecule has 0 unspecified atom stereocenters. The zero-order valence-corrected chi connectivity index (χ0v) is 10.8. The topological polar surface area (TPSA) is 49.7 Å². The Labute approximate surface area is 108 Å². The minimum absolute atomic E-state index is 0.0780. The Morgan fingerprint density at radius 1 is 1.11 bits per heavy atom. The van der Waals surface area contributed by atoms with Crippen LogP contribution in [0, 0.1) is 38.5 Å². The van der Waals surface area contributed by atoms with Crippen molar-refractivity contribution in [3.8, 4) is 17.2 Å². The Morgan fingerprint density at radius 2 is 1.72 bits per heavy atom. The number of ether oxygens (including phenoxy) is 1. The highest BCUT2D eigenvalue weighted by Crippen LogP contribution is 2.47. The molecule has 0 aliphatic heterocycles. The highest BCUT2D eigenvalue weighted by Gasteiger charge is 2.28. The van der Waals surface area contributed by atoms with Crippen LogP contribution in [0.3, 0.4) is 0 Å². The number of aromatic hydroxyl groups is 2. The summed E-state index contributed by atoms with van der Waals surface area (Å²) in [5.41, 5.74) is 1.13. The first kappa shape index (κ1) is 13.1. The summed E-state index contributed by atoms with van der Waals surface area (Å²) in [6.45, 7) is 5.50. The Balaban J connectivity index is 2.50. The van der Waals surface area contributed by atoms with E-state index in [2.05, 4.69) is 0 Å². The number of phenols is 2. The summed E-state index contributed by atoms with van der Waals surface area (Å²) in [4.78, 5) is 0. The van der Waals surface area contributed by atoms with E-state index in [1.165, 1.54) is 0 Å². The second-order valence-electron chi connectivity index (χ2n) is 4.61. The van der Waals surface area contributed by atoms with Crippen LogP contribution >= 0.6 is 0 Å². The van der Waals surface area contributed by atoms with Crippen molar-refractivity contribution in [2.45, 2.75) is 26.9 Å². The zero-order valence-electron chi connectivity index (χ0n) is 10.8. The van der Waals surface area contributed by atoms with E-state index in [1.54, 1.807) is 13.0 Å². The molecule has 3 heteroatoms. The van der Waals surface area contributed by atoms with Gasteiger partial charge in [0.25, 0.3) is 0 Å². The monoisotopic (exact) mass is 245 g/mol. The molecule has 18 heavy (non-hydrogen) atoms. The fraction of sp³-hybridized carbons (Fsp3) is 0.267. The molecule has 2 N–H and O–H groups in total. The first-order valence-corrected chi connectivity index (χ1v) is 5.95. The molecule has 0 aromatic heterocycles. The lowest BCUT2D eigenvalue weighted by molar-refractivity contribution is 0.228. The smallest absolute Gasteiger partial charge is 0.169 e. The second-order valence-corrected chi connectivity index (χ2v) is 4.61. The average molecular weight is 245 g/mol. The fourth-order valence-electron chi connectivity index (χ4n) is 1.93. The van der Waals surface area contributed by atoms with Crippen molar-refractivity contribution >= 4 is 0 Å². The molecule has 0 spiro atoms. The van der Waals surface area contributed by atoms with Gasteiger partial charge in [-0.05, 0) is 58.1 Å². The number of hydrogen-bond acceptors (Lipinski definition) is 3. The van der Waals surface area contributed by atoms with Gasteiger partial charge in [-0.15, -0.1) is 0 Å². The number of benzene rings is 1. The molecule has 1 aromatic carbocycles. The van der Waals surface area contributed by atoms with Crippen LogP contribution in [0.4, 0.5) is 0 Å². The van der Waals surface area contributed by atoms with E-state index in [1.807, 2.05) is 39.5 Å². The third-order valence-electron chi connectivity index (χ3n) is 2.73. The largest absolute Gasteiger partial charge is 0.507 e. The Morgan fingerprint density at radius 3 is 2.28 bits per heavy atom. The van der Waals surface area contributed by atoms with Crippen molar-refractivity contribution < 1.29 is 14.9 Å². The van der Waals surface area contributed by atoms with Crippen LogP contribution in [-0.4, -0.2) is 16.3 Å². The molecule has 1 fully saturated rings. The lowest BCUT2D eigenvalue weighted by Gasteiger charge is -2.21. The van der Waals surface area contributed by atoms with Crippen molar-refractivity contribution in [3.63, 3.8) is 0 Å². The number of phenolic OH excluding ortho intramolecular Hbond substituents is 2. The van der Waals surface area contributed by atoms with Gasteiger partial charge in [0.2, 0.25) is 0 Å². The summed E-state index contributed by atoms with van der Waals surface area (Å²) in [5, 5.41) is 20.2. The molecule has 1 aliphatic rings. The predicted octanol–water partition coefficient (Wildman–Crippen LogP) is 2.95. The molecule has 0 amide bonds. The molecule has 1 aromatic rings. The molecule has 0 atom stereocenters. The Kier molecular flexibility index (Phi) is 3.69. The quantitative estimate of drug-likeness (QED) is 0.805. The van der Waals surface area contributed by atoms with E-state index in [9.17, 15) is 10.2 Å². The van der Waals surface area contributed by atoms with Gasteiger partial charge in [-0.1, -0.05) is 0 Å². The maximum atomic E-state index is 10.1. The van der Waals surface area contributed by atoms with Crippen molar-refractivity contribution in [2.75, 3.05) is 0 Å². The van der Waals surface area contributed by atoms with Crippen molar-refractivity contribution in [3.05, 3.63) is 48.8 Å². The third-order valence-corrected chi connectivity index (χ3v) is 2.73. The van der Waals surface area contributed by atoms with E-state index in [0.717, 1.165) is 5.92 Å². The molecule has 0 heterocycles. The van der Waals surface area contributed by atoms with E-state index in [-0.39, 0.29) is 17.6 Å². The molecular weight excluding hydrogens is 228 g/mol. The highest BCUT2D eigenvalue weighted by atomic mass is 16.5. The van der Waals surface area contributed by atoms with Crippen molar-refractivity contribution in [1.82, 2.24) is 0 Å². The maximum absolute atomic E-state index is 10.1. The zero-order chi connectivity index (χ0) is 13.3.